The maximum absolute atomic E-state index is 12.6. The molecule has 7 heteroatoms. The first-order valence-electron chi connectivity index (χ1n) is 10.2. The van der Waals surface area contributed by atoms with Gasteiger partial charge in [0.1, 0.15) is 5.82 Å². The summed E-state index contributed by atoms with van der Waals surface area (Å²) in [5, 5.41) is 5.98. The highest BCUT2D eigenvalue weighted by molar-refractivity contribution is 5.92. The largest absolute Gasteiger partial charge is 0.355 e. The van der Waals surface area contributed by atoms with Crippen LogP contribution < -0.4 is 15.5 Å². The van der Waals surface area contributed by atoms with Gasteiger partial charge < -0.3 is 15.5 Å². The van der Waals surface area contributed by atoms with Gasteiger partial charge in [0.2, 0.25) is 11.8 Å². The minimum atomic E-state index is -0.0221. The van der Waals surface area contributed by atoms with Crippen molar-refractivity contribution >= 4 is 23.3 Å². The lowest BCUT2D eigenvalue weighted by molar-refractivity contribution is -0.125. The van der Waals surface area contributed by atoms with Crippen molar-refractivity contribution in [3.63, 3.8) is 0 Å². The van der Waals surface area contributed by atoms with E-state index in [4.69, 9.17) is 0 Å². The van der Waals surface area contributed by atoms with Crippen molar-refractivity contribution in [2.75, 3.05) is 23.3 Å². The van der Waals surface area contributed by atoms with E-state index in [1.54, 1.807) is 18.6 Å². The van der Waals surface area contributed by atoms with Gasteiger partial charge in [-0.2, -0.15) is 0 Å². The lowest BCUT2D eigenvalue weighted by Crippen LogP contribution is -2.40. The Hall–Kier alpha value is -2.96. The molecule has 1 fully saturated rings. The molecule has 0 bridgehead atoms. The van der Waals surface area contributed by atoms with Crippen LogP contribution in [0.25, 0.3) is 0 Å². The molecule has 7 nitrogen and oxygen atoms in total. The van der Waals surface area contributed by atoms with Crippen LogP contribution >= 0.6 is 0 Å². The van der Waals surface area contributed by atoms with E-state index in [2.05, 4.69) is 25.5 Å². The number of carbonyl (C=O) groups is 2. The lowest BCUT2D eigenvalue weighted by atomic mass is 9.96. The molecule has 2 amide bonds. The molecule has 1 saturated heterocycles. The number of piperidine rings is 1. The fraction of sp³-hybridized carbons (Fsp3) is 0.455. The second-order valence-corrected chi connectivity index (χ2v) is 7.54. The van der Waals surface area contributed by atoms with Crippen LogP contribution in [0, 0.1) is 11.8 Å². The molecule has 0 radical (unpaired) electrons. The molecule has 2 heterocycles. The molecular formula is C22H29N5O2. The first kappa shape index (κ1) is 20.8. The molecule has 154 valence electrons. The van der Waals surface area contributed by atoms with E-state index in [0.29, 0.717) is 6.54 Å². The van der Waals surface area contributed by atoms with E-state index < -0.39 is 0 Å². The number of carbonyl (C=O) groups excluding carboxylic acids is 2. The fourth-order valence-electron chi connectivity index (χ4n) is 3.37. The van der Waals surface area contributed by atoms with Gasteiger partial charge in [0.15, 0.2) is 0 Å². The first-order chi connectivity index (χ1) is 14.1. The maximum atomic E-state index is 12.6. The molecule has 3 rings (SSSR count). The summed E-state index contributed by atoms with van der Waals surface area (Å²) in [6, 6.07) is 7.63. The number of nitrogens with one attached hydrogen (secondary N) is 2. The van der Waals surface area contributed by atoms with Crippen molar-refractivity contribution in [3.8, 4) is 0 Å². The standard InChI is InChI=1S/C22H29N5O2/c1-3-16(2)21(28)26-19-6-4-5-17(13-19)14-25-22(29)18-7-11-27(12-8-18)20-15-23-9-10-24-20/h4-6,9-10,13,15-16,18H,3,7-8,11-12,14H2,1-2H3,(H,25,29)(H,26,28). The van der Waals surface area contributed by atoms with Gasteiger partial charge in [0, 0.05) is 49.6 Å². The summed E-state index contributed by atoms with van der Waals surface area (Å²) in [4.78, 5) is 35.2. The van der Waals surface area contributed by atoms with E-state index in [1.807, 2.05) is 38.1 Å². The van der Waals surface area contributed by atoms with E-state index in [9.17, 15) is 9.59 Å². The summed E-state index contributed by atoms with van der Waals surface area (Å²) in [6.45, 7) is 5.96. The summed E-state index contributed by atoms with van der Waals surface area (Å²) in [6.07, 6.45) is 7.51. The van der Waals surface area contributed by atoms with E-state index in [0.717, 1.165) is 49.4 Å². The van der Waals surface area contributed by atoms with Gasteiger partial charge in [0.25, 0.3) is 0 Å². The third-order valence-electron chi connectivity index (χ3n) is 5.46. The lowest BCUT2D eigenvalue weighted by Gasteiger charge is -2.31. The molecule has 2 N–H and O–H groups in total. The molecule has 1 atom stereocenters. The number of aromatic nitrogens is 2. The summed E-state index contributed by atoms with van der Waals surface area (Å²) >= 11 is 0. The topological polar surface area (TPSA) is 87.2 Å². The summed E-state index contributed by atoms with van der Waals surface area (Å²) in [7, 11) is 0. The van der Waals surface area contributed by atoms with Gasteiger partial charge in [-0.15, -0.1) is 0 Å². The predicted molar refractivity (Wildman–Crippen MR) is 113 cm³/mol. The molecule has 0 saturated carbocycles. The Labute approximate surface area is 171 Å². The van der Waals surface area contributed by atoms with E-state index in [1.165, 1.54) is 0 Å². The average molecular weight is 396 g/mol. The Balaban J connectivity index is 1.47. The Morgan fingerprint density at radius 3 is 2.72 bits per heavy atom. The average Bonchev–Trinajstić information content (AvgIpc) is 2.77. The van der Waals surface area contributed by atoms with Gasteiger partial charge in [-0.1, -0.05) is 26.0 Å². The molecule has 1 aromatic heterocycles. The van der Waals surface area contributed by atoms with Crippen LogP contribution in [0.2, 0.25) is 0 Å². The van der Waals surface area contributed by atoms with Gasteiger partial charge in [-0.3, -0.25) is 14.6 Å². The quantitative estimate of drug-likeness (QED) is 0.753. The van der Waals surface area contributed by atoms with Crippen LogP contribution in [0.4, 0.5) is 11.5 Å². The normalized spacial score (nSPS) is 15.6. The highest BCUT2D eigenvalue weighted by Gasteiger charge is 2.25. The van der Waals surface area contributed by atoms with Gasteiger partial charge in [-0.25, -0.2) is 4.98 Å². The molecule has 1 aromatic carbocycles. The highest BCUT2D eigenvalue weighted by atomic mass is 16.2. The molecule has 1 aliphatic rings. The number of amides is 2. The maximum Gasteiger partial charge on any atom is 0.227 e. The third kappa shape index (κ3) is 5.76. The van der Waals surface area contributed by atoms with Crippen LogP contribution in [0.1, 0.15) is 38.7 Å². The Kier molecular flexibility index (Phi) is 7.16. The number of anilines is 2. The zero-order valence-electron chi connectivity index (χ0n) is 17.1. The molecule has 2 aromatic rings. The summed E-state index contributed by atoms with van der Waals surface area (Å²) in [5.74, 6) is 0.950. The van der Waals surface area contributed by atoms with Crippen LogP contribution in [-0.2, 0) is 16.1 Å². The second kappa shape index (κ2) is 10.0. The summed E-state index contributed by atoms with van der Waals surface area (Å²) < 4.78 is 0. The Bertz CT molecular complexity index is 819. The van der Waals surface area contributed by atoms with Gasteiger partial charge in [-0.05, 0) is 37.0 Å². The molecule has 29 heavy (non-hydrogen) atoms. The highest BCUT2D eigenvalue weighted by Crippen LogP contribution is 2.21. The number of hydrogen-bond donors (Lipinski definition) is 2. The van der Waals surface area contributed by atoms with Crippen molar-refractivity contribution in [3.05, 3.63) is 48.4 Å². The van der Waals surface area contributed by atoms with Crippen LogP contribution in [0.5, 0.6) is 0 Å². The molecule has 1 aliphatic heterocycles. The number of benzene rings is 1. The van der Waals surface area contributed by atoms with Crippen molar-refractivity contribution in [1.82, 2.24) is 15.3 Å². The monoisotopic (exact) mass is 395 g/mol. The minimum Gasteiger partial charge on any atom is -0.355 e. The zero-order valence-corrected chi connectivity index (χ0v) is 17.1. The van der Waals surface area contributed by atoms with Gasteiger partial charge in [0.05, 0.1) is 6.20 Å². The van der Waals surface area contributed by atoms with E-state index >= 15 is 0 Å². The molecule has 0 spiro atoms. The third-order valence-corrected chi connectivity index (χ3v) is 5.46. The van der Waals surface area contributed by atoms with Crippen LogP contribution in [0.3, 0.4) is 0 Å². The number of rotatable bonds is 7. The molecule has 0 aliphatic carbocycles. The van der Waals surface area contributed by atoms with Gasteiger partial charge >= 0.3 is 0 Å². The van der Waals surface area contributed by atoms with Crippen LogP contribution in [-0.4, -0.2) is 34.9 Å². The minimum absolute atomic E-state index is 0.0104. The summed E-state index contributed by atoms with van der Waals surface area (Å²) in [5.41, 5.74) is 1.73. The van der Waals surface area contributed by atoms with Crippen molar-refractivity contribution in [2.24, 2.45) is 11.8 Å². The van der Waals surface area contributed by atoms with Crippen molar-refractivity contribution in [2.45, 2.75) is 39.7 Å². The predicted octanol–water partition coefficient (Wildman–Crippen LogP) is 2.99. The SMILES string of the molecule is CCC(C)C(=O)Nc1cccc(CNC(=O)C2CCN(c3cnccn3)CC2)c1. The molecular weight excluding hydrogens is 366 g/mol. The Morgan fingerprint density at radius 2 is 2.03 bits per heavy atom. The number of nitrogens with zero attached hydrogens (tertiary/aromatic N) is 3. The smallest absolute Gasteiger partial charge is 0.227 e. The fourth-order valence-corrected chi connectivity index (χ4v) is 3.37. The Morgan fingerprint density at radius 1 is 1.24 bits per heavy atom. The first-order valence-corrected chi connectivity index (χ1v) is 10.2. The van der Waals surface area contributed by atoms with Crippen LogP contribution in [0.15, 0.2) is 42.9 Å². The van der Waals surface area contributed by atoms with Crippen molar-refractivity contribution in [1.29, 1.82) is 0 Å². The second-order valence-electron chi connectivity index (χ2n) is 7.54. The zero-order chi connectivity index (χ0) is 20.6. The molecule has 1 unspecified atom stereocenters. The number of hydrogen-bond acceptors (Lipinski definition) is 5. The van der Waals surface area contributed by atoms with Crippen molar-refractivity contribution < 1.29 is 9.59 Å². The van der Waals surface area contributed by atoms with E-state index in [-0.39, 0.29) is 23.7 Å².